The van der Waals surface area contributed by atoms with Crippen molar-refractivity contribution in [2.24, 2.45) is 0 Å². The highest BCUT2D eigenvalue weighted by Gasteiger charge is 2.14. The van der Waals surface area contributed by atoms with Gasteiger partial charge in [-0.1, -0.05) is 33.1 Å². The number of ether oxygens (including phenoxy) is 1. The molecule has 0 aliphatic heterocycles. The molecule has 2 N–H and O–H groups in total. The zero-order chi connectivity index (χ0) is 15.0. The molecule has 0 spiro atoms. The van der Waals surface area contributed by atoms with E-state index in [4.69, 9.17) is 4.74 Å². The van der Waals surface area contributed by atoms with E-state index in [-0.39, 0.29) is 17.7 Å². The molecule has 0 radical (unpaired) electrons. The Morgan fingerprint density at radius 1 is 1.30 bits per heavy atom. The van der Waals surface area contributed by atoms with Crippen molar-refractivity contribution in [1.29, 1.82) is 0 Å². The Hall–Kier alpha value is -1.71. The van der Waals surface area contributed by atoms with Gasteiger partial charge < -0.3 is 15.2 Å². The molecule has 1 rings (SSSR count). The van der Waals surface area contributed by atoms with Crippen molar-refractivity contribution in [2.75, 3.05) is 7.11 Å². The lowest BCUT2D eigenvalue weighted by Gasteiger charge is -2.18. The van der Waals surface area contributed by atoms with Gasteiger partial charge in [-0.25, -0.2) is 0 Å². The summed E-state index contributed by atoms with van der Waals surface area (Å²) in [6, 6.07) is 4.91. The monoisotopic (exact) mass is 279 g/mol. The van der Waals surface area contributed by atoms with Crippen LogP contribution in [0.3, 0.4) is 0 Å². The first kappa shape index (κ1) is 16.3. The summed E-state index contributed by atoms with van der Waals surface area (Å²) < 4.78 is 4.97. The highest BCUT2D eigenvalue weighted by Crippen LogP contribution is 2.26. The fourth-order valence-electron chi connectivity index (χ4n) is 2.19. The number of hydrogen-bond acceptors (Lipinski definition) is 3. The molecule has 1 unspecified atom stereocenters. The second-order valence-electron chi connectivity index (χ2n) is 4.99. The Morgan fingerprint density at radius 3 is 2.60 bits per heavy atom. The molecule has 0 saturated heterocycles. The Labute approximate surface area is 121 Å². The number of rotatable bonds is 8. The molecule has 4 heteroatoms. The summed E-state index contributed by atoms with van der Waals surface area (Å²) in [5, 5.41) is 12.8. The maximum Gasteiger partial charge on any atom is 0.251 e. The van der Waals surface area contributed by atoms with Crippen LogP contribution < -0.4 is 10.1 Å². The van der Waals surface area contributed by atoms with E-state index in [9.17, 15) is 9.90 Å². The zero-order valence-corrected chi connectivity index (χ0v) is 12.6. The Balaban J connectivity index is 2.70. The number of phenols is 1. The third kappa shape index (κ3) is 4.76. The van der Waals surface area contributed by atoms with Gasteiger partial charge in [0, 0.05) is 11.6 Å². The maximum atomic E-state index is 12.2. The number of hydrogen-bond donors (Lipinski definition) is 2. The smallest absolute Gasteiger partial charge is 0.251 e. The van der Waals surface area contributed by atoms with E-state index in [0.29, 0.717) is 11.3 Å². The van der Waals surface area contributed by atoms with Crippen molar-refractivity contribution < 1.29 is 14.6 Å². The first-order valence-electron chi connectivity index (χ1n) is 7.30. The van der Waals surface area contributed by atoms with E-state index in [1.165, 1.54) is 13.2 Å². The number of benzene rings is 1. The molecule has 0 bridgehead atoms. The quantitative estimate of drug-likeness (QED) is 0.766. The van der Waals surface area contributed by atoms with Crippen LogP contribution in [0.5, 0.6) is 11.5 Å². The molecular formula is C16H25NO3. The van der Waals surface area contributed by atoms with Crippen molar-refractivity contribution in [3.05, 3.63) is 23.8 Å². The predicted octanol–water partition coefficient (Wildman–Crippen LogP) is 3.49. The largest absolute Gasteiger partial charge is 0.504 e. The Kier molecular flexibility index (Phi) is 6.91. The molecule has 0 aliphatic rings. The fraction of sp³-hybridized carbons (Fsp3) is 0.562. The van der Waals surface area contributed by atoms with E-state index in [1.54, 1.807) is 12.1 Å². The number of methoxy groups -OCH3 is 1. The molecule has 1 amide bonds. The van der Waals surface area contributed by atoms with Gasteiger partial charge in [0.15, 0.2) is 11.5 Å². The minimum absolute atomic E-state index is 0.0132. The van der Waals surface area contributed by atoms with Gasteiger partial charge in [-0.05, 0) is 31.0 Å². The molecule has 0 heterocycles. The third-order valence-electron chi connectivity index (χ3n) is 3.32. The van der Waals surface area contributed by atoms with Crippen molar-refractivity contribution in [3.8, 4) is 11.5 Å². The number of unbranched alkanes of at least 4 members (excludes halogenated alkanes) is 1. The summed E-state index contributed by atoms with van der Waals surface area (Å²) in [4.78, 5) is 12.2. The van der Waals surface area contributed by atoms with Gasteiger partial charge in [0.1, 0.15) is 0 Å². The van der Waals surface area contributed by atoms with E-state index in [2.05, 4.69) is 19.2 Å². The predicted molar refractivity (Wildman–Crippen MR) is 80.3 cm³/mol. The molecule has 0 aliphatic carbocycles. The molecule has 20 heavy (non-hydrogen) atoms. The van der Waals surface area contributed by atoms with Gasteiger partial charge in [0.2, 0.25) is 0 Å². The lowest BCUT2D eigenvalue weighted by molar-refractivity contribution is 0.0931. The van der Waals surface area contributed by atoms with E-state index >= 15 is 0 Å². The van der Waals surface area contributed by atoms with E-state index in [1.807, 2.05) is 0 Å². The summed E-state index contributed by atoms with van der Waals surface area (Å²) in [7, 11) is 1.48. The van der Waals surface area contributed by atoms with Crippen LogP contribution in [-0.4, -0.2) is 24.2 Å². The minimum Gasteiger partial charge on any atom is -0.504 e. The summed E-state index contributed by atoms with van der Waals surface area (Å²) in [5.41, 5.74) is 0.459. The van der Waals surface area contributed by atoms with Gasteiger partial charge in [0.25, 0.3) is 5.91 Å². The van der Waals surface area contributed by atoms with Crippen molar-refractivity contribution in [3.63, 3.8) is 0 Å². The molecule has 0 saturated carbocycles. The average molecular weight is 279 g/mol. The van der Waals surface area contributed by atoms with Crippen LogP contribution in [0.15, 0.2) is 18.2 Å². The first-order valence-corrected chi connectivity index (χ1v) is 7.30. The molecule has 4 nitrogen and oxygen atoms in total. The van der Waals surface area contributed by atoms with E-state index in [0.717, 1.165) is 32.1 Å². The molecule has 0 fully saturated rings. The highest BCUT2D eigenvalue weighted by atomic mass is 16.5. The second kappa shape index (κ2) is 8.46. The van der Waals surface area contributed by atoms with Crippen LogP contribution >= 0.6 is 0 Å². The van der Waals surface area contributed by atoms with Crippen LogP contribution in [0.25, 0.3) is 0 Å². The lowest BCUT2D eigenvalue weighted by atomic mass is 10.0. The standard InChI is InChI=1S/C16H25NO3/c1-4-6-8-13(7-5-2)17-16(19)12-9-10-15(20-3)14(18)11-12/h9-11,13,18H,4-8H2,1-3H3,(H,17,19). The van der Waals surface area contributed by atoms with Crippen LogP contribution in [-0.2, 0) is 0 Å². The lowest BCUT2D eigenvalue weighted by Crippen LogP contribution is -2.34. The van der Waals surface area contributed by atoms with Crippen molar-refractivity contribution in [1.82, 2.24) is 5.32 Å². The van der Waals surface area contributed by atoms with Gasteiger partial charge >= 0.3 is 0 Å². The van der Waals surface area contributed by atoms with E-state index < -0.39 is 0 Å². The van der Waals surface area contributed by atoms with Crippen LogP contribution in [0.4, 0.5) is 0 Å². The molecule has 1 atom stereocenters. The van der Waals surface area contributed by atoms with Gasteiger partial charge in [0.05, 0.1) is 7.11 Å². The molecular weight excluding hydrogens is 254 g/mol. The van der Waals surface area contributed by atoms with Gasteiger partial charge in [-0.3, -0.25) is 4.79 Å². The maximum absolute atomic E-state index is 12.2. The summed E-state index contributed by atoms with van der Waals surface area (Å²) >= 11 is 0. The number of aromatic hydroxyl groups is 1. The fourth-order valence-corrected chi connectivity index (χ4v) is 2.19. The number of carbonyl (C=O) groups excluding carboxylic acids is 1. The van der Waals surface area contributed by atoms with Gasteiger partial charge in [-0.2, -0.15) is 0 Å². The topological polar surface area (TPSA) is 58.6 Å². The SMILES string of the molecule is CCCCC(CCC)NC(=O)c1ccc(OC)c(O)c1. The molecule has 0 aromatic heterocycles. The second-order valence-corrected chi connectivity index (χ2v) is 4.99. The molecule has 1 aromatic rings. The van der Waals surface area contributed by atoms with Crippen molar-refractivity contribution >= 4 is 5.91 Å². The summed E-state index contributed by atoms with van der Waals surface area (Å²) in [6.45, 7) is 4.26. The average Bonchev–Trinajstić information content (AvgIpc) is 2.44. The number of phenolic OH excluding ortho intramolecular Hbond substituents is 1. The molecule has 1 aromatic carbocycles. The number of carbonyl (C=O) groups is 1. The van der Waals surface area contributed by atoms with Gasteiger partial charge in [-0.15, -0.1) is 0 Å². The number of amides is 1. The van der Waals surface area contributed by atoms with Crippen LogP contribution in [0, 0.1) is 0 Å². The normalized spacial score (nSPS) is 11.9. The first-order chi connectivity index (χ1) is 9.62. The van der Waals surface area contributed by atoms with Crippen LogP contribution in [0.2, 0.25) is 0 Å². The van der Waals surface area contributed by atoms with Crippen molar-refractivity contribution in [2.45, 2.75) is 52.0 Å². The number of nitrogens with one attached hydrogen (secondary N) is 1. The molecule has 112 valence electrons. The Morgan fingerprint density at radius 2 is 2.05 bits per heavy atom. The van der Waals surface area contributed by atoms with Crippen LogP contribution in [0.1, 0.15) is 56.3 Å². The summed E-state index contributed by atoms with van der Waals surface area (Å²) in [6.07, 6.45) is 5.26. The third-order valence-corrected chi connectivity index (χ3v) is 3.32. The summed E-state index contributed by atoms with van der Waals surface area (Å²) in [5.74, 6) is 0.218. The minimum atomic E-state index is -0.141. The Bertz CT molecular complexity index is 432. The highest BCUT2D eigenvalue weighted by molar-refractivity contribution is 5.95. The zero-order valence-electron chi connectivity index (χ0n) is 12.6.